The van der Waals surface area contributed by atoms with Crippen molar-refractivity contribution in [2.24, 2.45) is 5.73 Å². The minimum absolute atomic E-state index is 0.0710. The van der Waals surface area contributed by atoms with Gasteiger partial charge in [-0.05, 0) is 31.2 Å². The van der Waals surface area contributed by atoms with Gasteiger partial charge in [-0.15, -0.1) is 0 Å². The predicted octanol–water partition coefficient (Wildman–Crippen LogP) is 3.70. The maximum absolute atomic E-state index is 13.7. The van der Waals surface area contributed by atoms with Crippen molar-refractivity contribution >= 4 is 0 Å². The van der Waals surface area contributed by atoms with Gasteiger partial charge in [-0.1, -0.05) is 6.07 Å². The summed E-state index contributed by atoms with van der Waals surface area (Å²) in [5.41, 5.74) is 6.03. The highest BCUT2D eigenvalue weighted by Crippen LogP contribution is 2.22. The van der Waals surface area contributed by atoms with Crippen LogP contribution in [0.5, 0.6) is 5.75 Å². The van der Waals surface area contributed by atoms with Crippen LogP contribution in [0.15, 0.2) is 36.4 Å². The van der Waals surface area contributed by atoms with Gasteiger partial charge in [0.15, 0.2) is 0 Å². The van der Waals surface area contributed by atoms with Crippen LogP contribution in [0.1, 0.15) is 24.1 Å². The van der Waals surface area contributed by atoms with Crippen LogP contribution < -0.4 is 10.5 Å². The molecular formula is C15H14F3NO. The average Bonchev–Trinajstić information content (AvgIpc) is 2.39. The Hall–Kier alpha value is -2.01. The molecule has 0 saturated heterocycles. The van der Waals surface area contributed by atoms with Crippen LogP contribution in [0.2, 0.25) is 0 Å². The van der Waals surface area contributed by atoms with Crippen LogP contribution in [-0.2, 0) is 6.61 Å². The highest BCUT2D eigenvalue weighted by molar-refractivity contribution is 5.31. The number of hydrogen-bond donors (Lipinski definition) is 1. The smallest absolute Gasteiger partial charge is 0.131 e. The number of nitrogens with two attached hydrogens (primary N) is 1. The normalized spacial score (nSPS) is 12.2. The Morgan fingerprint density at radius 1 is 1.05 bits per heavy atom. The molecule has 2 N–H and O–H groups in total. The molecule has 1 atom stereocenters. The van der Waals surface area contributed by atoms with Gasteiger partial charge in [-0.3, -0.25) is 0 Å². The molecule has 0 radical (unpaired) electrons. The van der Waals surface area contributed by atoms with Crippen molar-refractivity contribution in [3.63, 3.8) is 0 Å². The zero-order chi connectivity index (χ0) is 14.7. The lowest BCUT2D eigenvalue weighted by atomic mass is 10.1. The lowest BCUT2D eigenvalue weighted by molar-refractivity contribution is 0.297. The Morgan fingerprint density at radius 3 is 2.45 bits per heavy atom. The molecule has 0 aliphatic heterocycles. The van der Waals surface area contributed by atoms with Crippen molar-refractivity contribution in [2.45, 2.75) is 19.6 Å². The largest absolute Gasteiger partial charge is 0.489 e. The number of benzene rings is 2. The third-order valence-corrected chi connectivity index (χ3v) is 2.86. The van der Waals surface area contributed by atoms with Crippen molar-refractivity contribution in [2.75, 3.05) is 0 Å². The standard InChI is InChI=1S/C15H14F3NO/c1-9(19)13-4-3-12(7-15(13)18)20-8-10-6-11(16)2-5-14(10)17/h2-7,9H,8,19H2,1H3. The highest BCUT2D eigenvalue weighted by Gasteiger charge is 2.09. The summed E-state index contributed by atoms with van der Waals surface area (Å²) in [6.45, 7) is 1.49. The zero-order valence-corrected chi connectivity index (χ0v) is 10.9. The number of hydrogen-bond acceptors (Lipinski definition) is 2. The Labute approximate surface area is 115 Å². The van der Waals surface area contributed by atoms with E-state index in [4.69, 9.17) is 10.5 Å². The molecule has 0 fully saturated rings. The first kappa shape index (κ1) is 14.4. The molecule has 2 aromatic carbocycles. The lowest BCUT2D eigenvalue weighted by Crippen LogP contribution is -2.07. The second kappa shape index (κ2) is 5.96. The highest BCUT2D eigenvalue weighted by atomic mass is 19.1. The van der Waals surface area contributed by atoms with Gasteiger partial charge in [0.05, 0.1) is 0 Å². The van der Waals surface area contributed by atoms with E-state index in [2.05, 4.69) is 0 Å². The van der Waals surface area contributed by atoms with E-state index in [1.54, 1.807) is 13.0 Å². The summed E-state index contributed by atoms with van der Waals surface area (Å²) in [6.07, 6.45) is 0. The van der Waals surface area contributed by atoms with Crippen LogP contribution in [-0.4, -0.2) is 0 Å². The van der Waals surface area contributed by atoms with Gasteiger partial charge in [-0.25, -0.2) is 13.2 Å². The lowest BCUT2D eigenvalue weighted by Gasteiger charge is -2.11. The van der Waals surface area contributed by atoms with Gasteiger partial charge in [-0.2, -0.15) is 0 Å². The first-order chi connectivity index (χ1) is 9.47. The topological polar surface area (TPSA) is 35.2 Å². The first-order valence-electron chi connectivity index (χ1n) is 6.09. The Kier molecular flexibility index (Phi) is 4.29. The van der Waals surface area contributed by atoms with Crippen LogP contribution in [0.3, 0.4) is 0 Å². The molecule has 0 saturated carbocycles. The van der Waals surface area contributed by atoms with Crippen molar-refractivity contribution in [1.82, 2.24) is 0 Å². The Bertz CT molecular complexity index is 614. The second-order valence-corrected chi connectivity index (χ2v) is 4.50. The van der Waals surface area contributed by atoms with E-state index in [-0.39, 0.29) is 17.9 Å². The number of rotatable bonds is 4. The summed E-state index contributed by atoms with van der Waals surface area (Å²) in [5, 5.41) is 0. The van der Waals surface area contributed by atoms with E-state index < -0.39 is 23.5 Å². The fraction of sp³-hybridized carbons (Fsp3) is 0.200. The van der Waals surface area contributed by atoms with Gasteiger partial charge >= 0.3 is 0 Å². The molecule has 5 heteroatoms. The van der Waals surface area contributed by atoms with E-state index in [1.165, 1.54) is 12.1 Å². The van der Waals surface area contributed by atoms with E-state index in [1.807, 2.05) is 0 Å². The minimum Gasteiger partial charge on any atom is -0.489 e. The maximum Gasteiger partial charge on any atom is 0.131 e. The Balaban J connectivity index is 2.11. The van der Waals surface area contributed by atoms with Crippen LogP contribution in [0.4, 0.5) is 13.2 Å². The van der Waals surface area contributed by atoms with Gasteiger partial charge in [0, 0.05) is 23.2 Å². The van der Waals surface area contributed by atoms with Gasteiger partial charge in [0.2, 0.25) is 0 Å². The quantitative estimate of drug-likeness (QED) is 0.927. The van der Waals surface area contributed by atoms with Crippen molar-refractivity contribution in [3.8, 4) is 5.75 Å². The van der Waals surface area contributed by atoms with Crippen molar-refractivity contribution in [1.29, 1.82) is 0 Å². The van der Waals surface area contributed by atoms with E-state index in [0.29, 0.717) is 5.56 Å². The summed E-state index contributed by atoms with van der Waals surface area (Å²) >= 11 is 0. The molecule has 2 aromatic rings. The summed E-state index contributed by atoms with van der Waals surface area (Å²) in [7, 11) is 0. The summed E-state index contributed by atoms with van der Waals surface area (Å²) in [5.74, 6) is -1.38. The molecule has 0 spiro atoms. The second-order valence-electron chi connectivity index (χ2n) is 4.50. The summed E-state index contributed by atoms with van der Waals surface area (Å²) in [4.78, 5) is 0. The molecule has 0 amide bonds. The summed E-state index contributed by atoms with van der Waals surface area (Å²) < 4.78 is 45.3. The van der Waals surface area contributed by atoms with Crippen LogP contribution in [0, 0.1) is 17.5 Å². The molecule has 0 heterocycles. The fourth-order valence-corrected chi connectivity index (χ4v) is 1.78. The predicted molar refractivity (Wildman–Crippen MR) is 69.7 cm³/mol. The molecule has 2 rings (SSSR count). The van der Waals surface area contributed by atoms with E-state index in [9.17, 15) is 13.2 Å². The first-order valence-corrected chi connectivity index (χ1v) is 6.09. The monoisotopic (exact) mass is 281 g/mol. The van der Waals surface area contributed by atoms with Gasteiger partial charge in [0.1, 0.15) is 29.8 Å². The number of halogens is 3. The third kappa shape index (κ3) is 3.30. The molecule has 0 bridgehead atoms. The fourth-order valence-electron chi connectivity index (χ4n) is 1.78. The molecule has 2 nitrogen and oxygen atoms in total. The van der Waals surface area contributed by atoms with Gasteiger partial charge in [0.25, 0.3) is 0 Å². The molecule has 0 aliphatic rings. The molecule has 1 unspecified atom stereocenters. The van der Waals surface area contributed by atoms with Gasteiger partial charge < -0.3 is 10.5 Å². The zero-order valence-electron chi connectivity index (χ0n) is 10.9. The summed E-state index contributed by atoms with van der Waals surface area (Å²) in [6, 6.07) is 6.89. The maximum atomic E-state index is 13.7. The molecular weight excluding hydrogens is 267 g/mol. The molecule has 0 aromatic heterocycles. The van der Waals surface area contributed by atoms with Crippen LogP contribution in [0.25, 0.3) is 0 Å². The molecule has 0 aliphatic carbocycles. The SMILES string of the molecule is CC(N)c1ccc(OCc2cc(F)ccc2F)cc1F. The third-order valence-electron chi connectivity index (χ3n) is 2.86. The van der Waals surface area contributed by atoms with Crippen molar-refractivity contribution in [3.05, 3.63) is 65.0 Å². The van der Waals surface area contributed by atoms with E-state index >= 15 is 0 Å². The Morgan fingerprint density at radius 2 is 1.80 bits per heavy atom. The average molecular weight is 281 g/mol. The van der Waals surface area contributed by atoms with Crippen LogP contribution >= 0.6 is 0 Å². The minimum atomic E-state index is -0.570. The van der Waals surface area contributed by atoms with Crippen molar-refractivity contribution < 1.29 is 17.9 Å². The van der Waals surface area contributed by atoms with E-state index in [0.717, 1.165) is 18.2 Å². The molecule has 106 valence electrons. The number of ether oxygens (including phenoxy) is 1. The molecule has 20 heavy (non-hydrogen) atoms.